The van der Waals surface area contributed by atoms with Crippen LogP contribution in [0.2, 0.25) is 1.41 Å². The zero-order valence-corrected chi connectivity index (χ0v) is 6.20. The molecule has 0 radical (unpaired) electrons. The van der Waals surface area contributed by atoms with Crippen LogP contribution in [-0.2, 0) is 0 Å². The second kappa shape index (κ2) is 1.99. The van der Waals surface area contributed by atoms with Crippen LogP contribution in [0, 0.1) is 6.92 Å². The number of nitrogen functional groups attached to an aromatic ring is 1. The summed E-state index contributed by atoms with van der Waals surface area (Å²) in [6, 6.07) is 5.44. The van der Waals surface area contributed by atoms with E-state index in [0.29, 0.717) is 5.69 Å². The van der Waals surface area contributed by atoms with Gasteiger partial charge in [0.1, 0.15) is 0 Å². The van der Waals surface area contributed by atoms with Gasteiger partial charge in [-0.1, -0.05) is 0 Å². The molecule has 0 saturated carbocycles. The van der Waals surface area contributed by atoms with Crippen molar-refractivity contribution in [2.75, 3.05) is 5.73 Å². The number of hydrogen-bond acceptors (Lipinski definition) is 2. The highest BCUT2D eigenvalue weighted by Crippen LogP contribution is 2.17. The molecule has 2 rings (SSSR count). The fourth-order valence-corrected chi connectivity index (χ4v) is 1.11. The van der Waals surface area contributed by atoms with Gasteiger partial charge in [0.05, 0.1) is 5.52 Å². The minimum Gasteiger partial charge on any atom is -0.399 e. The van der Waals surface area contributed by atoms with Gasteiger partial charge in [0.25, 0.3) is 0 Å². The molecule has 0 fully saturated rings. The molecule has 1 heterocycles. The molecule has 3 nitrogen and oxygen atoms in total. The average molecular weight is 148 g/mol. The fraction of sp³-hybridized carbons (Fsp3) is 0.125. The Bertz CT molecular complexity index is 433. The van der Waals surface area contributed by atoms with Crippen molar-refractivity contribution < 1.29 is 1.41 Å². The van der Waals surface area contributed by atoms with Crippen molar-refractivity contribution in [2.24, 2.45) is 0 Å². The van der Waals surface area contributed by atoms with Crippen molar-refractivity contribution in [1.82, 2.24) is 10.2 Å². The number of nitrogens with one attached hydrogen (secondary N) is 1. The lowest BCUT2D eigenvalue weighted by atomic mass is 10.2. The van der Waals surface area contributed by atoms with Gasteiger partial charge < -0.3 is 5.73 Å². The standard InChI is InChI=1S/C8H9N3/c1-5-7-4-6(9)2-3-8(7)11-10-5/h2-4H,9H2,1H3,(H,10,11)/i/hD. The van der Waals surface area contributed by atoms with Gasteiger partial charge in [0, 0.05) is 16.8 Å². The lowest BCUT2D eigenvalue weighted by Gasteiger charge is -1.91. The Hall–Kier alpha value is -1.51. The van der Waals surface area contributed by atoms with Crippen LogP contribution < -0.4 is 5.73 Å². The van der Waals surface area contributed by atoms with E-state index in [0.717, 1.165) is 21.7 Å². The summed E-state index contributed by atoms with van der Waals surface area (Å²) in [5, 5.41) is 6.05. The van der Waals surface area contributed by atoms with Crippen LogP contribution in [0.15, 0.2) is 18.2 Å². The minimum absolute atomic E-state index is 0.707. The topological polar surface area (TPSA) is 54.7 Å². The number of aromatic nitrogens is 2. The molecule has 0 aliphatic rings. The van der Waals surface area contributed by atoms with Gasteiger partial charge in [-0.15, -0.1) is 0 Å². The van der Waals surface area contributed by atoms with E-state index < -0.39 is 0 Å². The normalized spacial score (nSPS) is 11.9. The Morgan fingerprint density at radius 1 is 1.64 bits per heavy atom. The van der Waals surface area contributed by atoms with Crippen molar-refractivity contribution in [3.8, 4) is 0 Å². The predicted octanol–water partition coefficient (Wildman–Crippen LogP) is 1.45. The SMILES string of the molecule is [2H]n1nc2ccc(N)cc2c1C. The summed E-state index contributed by atoms with van der Waals surface area (Å²) in [7, 11) is 0. The van der Waals surface area contributed by atoms with E-state index in [-0.39, 0.29) is 0 Å². The number of aromatic amines is 1. The van der Waals surface area contributed by atoms with Crippen molar-refractivity contribution in [1.29, 1.82) is 0 Å². The number of fused-ring (bicyclic) bond motifs is 1. The van der Waals surface area contributed by atoms with E-state index in [1.54, 1.807) is 6.07 Å². The molecular weight excluding hydrogens is 138 g/mol. The second-order valence-corrected chi connectivity index (χ2v) is 2.56. The van der Waals surface area contributed by atoms with Crippen molar-refractivity contribution >= 4 is 16.6 Å². The third-order valence-corrected chi connectivity index (χ3v) is 1.72. The van der Waals surface area contributed by atoms with Gasteiger partial charge in [0.2, 0.25) is 0 Å². The zero-order valence-electron chi connectivity index (χ0n) is 7.20. The molecule has 2 aromatic rings. The number of anilines is 1. The molecule has 56 valence electrons. The van der Waals surface area contributed by atoms with E-state index in [1.165, 1.54) is 0 Å². The van der Waals surface area contributed by atoms with E-state index in [2.05, 4.69) is 5.10 Å². The Kier molecular flexibility index (Phi) is 0.935. The van der Waals surface area contributed by atoms with Crippen molar-refractivity contribution in [3.05, 3.63) is 23.9 Å². The molecule has 0 aliphatic carbocycles. The Balaban J connectivity index is 2.88. The summed E-state index contributed by atoms with van der Waals surface area (Å²) in [5.41, 5.74) is 7.94. The molecule has 0 bridgehead atoms. The molecule has 1 aromatic heterocycles. The first kappa shape index (κ1) is 5.18. The number of nitrogens with two attached hydrogens (primary N) is 1. The molecule has 0 saturated heterocycles. The maximum absolute atomic E-state index is 7.38. The van der Waals surface area contributed by atoms with Crippen LogP contribution in [0.5, 0.6) is 0 Å². The lowest BCUT2D eigenvalue weighted by Crippen LogP contribution is -1.82. The van der Waals surface area contributed by atoms with Crippen LogP contribution >= 0.6 is 0 Å². The van der Waals surface area contributed by atoms with Crippen LogP contribution in [-0.4, -0.2) is 10.2 Å². The van der Waals surface area contributed by atoms with Gasteiger partial charge >= 0.3 is 0 Å². The Morgan fingerprint density at radius 2 is 2.45 bits per heavy atom. The smallest absolute Gasteiger partial charge is 0.190 e. The van der Waals surface area contributed by atoms with Gasteiger partial charge in [0.15, 0.2) is 1.41 Å². The molecule has 11 heavy (non-hydrogen) atoms. The first-order valence-electron chi connectivity index (χ1n) is 3.87. The molecule has 0 amide bonds. The van der Waals surface area contributed by atoms with Gasteiger partial charge in [-0.05, 0) is 25.1 Å². The summed E-state index contributed by atoms with van der Waals surface area (Å²) < 4.78 is 7.38. The number of nitrogens with zero attached hydrogens (tertiary/aromatic N) is 1. The first-order chi connectivity index (χ1) is 5.68. The Morgan fingerprint density at radius 3 is 3.27 bits per heavy atom. The summed E-state index contributed by atoms with van der Waals surface area (Å²) in [6.45, 7) is 1.85. The number of rotatable bonds is 0. The van der Waals surface area contributed by atoms with Crippen molar-refractivity contribution in [2.45, 2.75) is 6.92 Å². The largest absolute Gasteiger partial charge is 0.399 e. The summed E-state index contributed by atoms with van der Waals surface area (Å²) in [6.07, 6.45) is 0. The third kappa shape index (κ3) is 0.852. The Labute approximate surface area is 65.7 Å². The molecule has 3 N–H and O–H groups in total. The molecular formula is C8H9N3. The summed E-state index contributed by atoms with van der Waals surface area (Å²) in [5.74, 6) is 0. The number of benzene rings is 1. The monoisotopic (exact) mass is 148 g/mol. The van der Waals surface area contributed by atoms with Crippen LogP contribution in [0.3, 0.4) is 0 Å². The van der Waals surface area contributed by atoms with Crippen LogP contribution in [0.1, 0.15) is 5.69 Å². The number of hydrogen-bond donors (Lipinski definition) is 2. The van der Waals surface area contributed by atoms with Crippen LogP contribution in [0.4, 0.5) is 5.69 Å². The van der Waals surface area contributed by atoms with Gasteiger partial charge in [-0.3, -0.25) is 5.09 Å². The minimum atomic E-state index is 0.707. The second-order valence-electron chi connectivity index (χ2n) is 2.56. The maximum atomic E-state index is 7.38. The van der Waals surface area contributed by atoms with Gasteiger partial charge in [-0.25, -0.2) is 0 Å². The highest BCUT2D eigenvalue weighted by molar-refractivity contribution is 5.84. The fourth-order valence-electron chi connectivity index (χ4n) is 1.11. The highest BCUT2D eigenvalue weighted by Gasteiger charge is 1.99. The van der Waals surface area contributed by atoms with E-state index in [9.17, 15) is 0 Å². The summed E-state index contributed by atoms with van der Waals surface area (Å²) >= 11 is 0. The third-order valence-electron chi connectivity index (χ3n) is 1.72. The van der Waals surface area contributed by atoms with Gasteiger partial charge in [-0.2, -0.15) is 5.10 Å². The highest BCUT2D eigenvalue weighted by atomic mass is 15.1. The van der Waals surface area contributed by atoms with E-state index in [4.69, 9.17) is 7.15 Å². The zero-order chi connectivity index (χ0) is 8.72. The molecule has 3 heteroatoms. The summed E-state index contributed by atoms with van der Waals surface area (Å²) in [4.78, 5) is 0. The quantitative estimate of drug-likeness (QED) is 0.555. The molecule has 0 aliphatic heterocycles. The van der Waals surface area contributed by atoms with Crippen LogP contribution in [0.25, 0.3) is 10.9 Å². The average Bonchev–Trinajstić information content (AvgIpc) is 2.31. The first-order valence-corrected chi connectivity index (χ1v) is 3.42. The lowest BCUT2D eigenvalue weighted by molar-refractivity contribution is 1.07. The maximum Gasteiger partial charge on any atom is 0.190 e. The number of aryl methyl sites for hydroxylation is 1. The molecule has 0 spiro atoms. The van der Waals surface area contributed by atoms with E-state index >= 15 is 0 Å². The molecule has 1 aromatic carbocycles. The predicted molar refractivity (Wildman–Crippen MR) is 45.2 cm³/mol. The van der Waals surface area contributed by atoms with Crippen molar-refractivity contribution in [3.63, 3.8) is 0 Å². The van der Waals surface area contributed by atoms with E-state index in [1.807, 2.05) is 19.1 Å². The number of H-pyrrole nitrogens is 1. The molecule has 0 unspecified atom stereocenters. The molecule has 0 atom stereocenters.